The van der Waals surface area contributed by atoms with Crippen molar-refractivity contribution in [3.8, 4) is 24.0 Å². The van der Waals surface area contributed by atoms with Gasteiger partial charge in [-0.2, -0.15) is 4.98 Å². The minimum absolute atomic E-state index is 0.00253. The monoisotopic (exact) mass is 462 g/mol. The third-order valence-corrected chi connectivity index (χ3v) is 4.92. The van der Waals surface area contributed by atoms with Crippen molar-refractivity contribution in [2.24, 2.45) is 5.92 Å². The number of aliphatic hydroxyl groups excluding tert-OH is 3. The molecule has 176 valence electrons. The molecular formula is C22H23FN2O8. The van der Waals surface area contributed by atoms with Crippen molar-refractivity contribution in [3.05, 3.63) is 52.1 Å². The number of carbonyl (C=O) groups excluding carboxylic acids is 1. The van der Waals surface area contributed by atoms with E-state index in [1.54, 1.807) is 38.1 Å². The zero-order chi connectivity index (χ0) is 24.3. The summed E-state index contributed by atoms with van der Waals surface area (Å²) in [6.07, 6.45) is 0.924. The highest BCUT2D eigenvalue weighted by Gasteiger charge is 2.56. The van der Waals surface area contributed by atoms with Gasteiger partial charge in [-0.1, -0.05) is 31.9 Å². The number of terminal acetylenes is 1. The van der Waals surface area contributed by atoms with Crippen LogP contribution in [0.25, 0.3) is 0 Å². The lowest BCUT2D eigenvalue weighted by atomic mass is 10.1. The Hall–Kier alpha value is -3.30. The van der Waals surface area contributed by atoms with Crippen molar-refractivity contribution < 1.29 is 38.7 Å². The highest BCUT2D eigenvalue weighted by atomic mass is 19.2. The summed E-state index contributed by atoms with van der Waals surface area (Å²) in [5.41, 5.74) is -0.322. The Morgan fingerprint density at radius 2 is 2.03 bits per heavy atom. The van der Waals surface area contributed by atoms with Gasteiger partial charge in [0.05, 0.1) is 5.92 Å². The van der Waals surface area contributed by atoms with Crippen molar-refractivity contribution in [2.75, 3.05) is 6.61 Å². The SMILES string of the molecule is C#Cc1cn([C@@H]2O[C@](F)(CO)[C@@H](O)[C@H]2O)c(=O)nc1OCc1ccc(OC(=O)C(C)C)cc1. The number of halogens is 1. The molecule has 1 aliphatic heterocycles. The largest absolute Gasteiger partial charge is 0.472 e. The average Bonchev–Trinajstić information content (AvgIpc) is 3.03. The standard InChI is InChI=1S/C22H23FN2O8/c1-4-14-9-25(19-16(27)17(28)22(23,11-26)33-19)21(30)24-18(14)31-10-13-5-7-15(8-6-13)32-20(29)12(2)3/h1,5-9,12,16-17,19,26-28H,10-11H2,2-3H3/t16-,17+,19-,22-/m1/s1. The van der Waals surface area contributed by atoms with E-state index < -0.39 is 36.6 Å². The molecule has 0 aliphatic carbocycles. The topological polar surface area (TPSA) is 140 Å². The van der Waals surface area contributed by atoms with E-state index in [-0.39, 0.29) is 29.9 Å². The summed E-state index contributed by atoms with van der Waals surface area (Å²) in [5.74, 6) is -1.13. The number of hydrogen-bond donors (Lipinski definition) is 3. The lowest BCUT2D eigenvalue weighted by molar-refractivity contribution is -0.207. The van der Waals surface area contributed by atoms with E-state index in [1.807, 2.05) is 0 Å². The Balaban J connectivity index is 1.75. The molecule has 0 saturated carbocycles. The molecule has 0 amide bonds. The fourth-order valence-electron chi connectivity index (χ4n) is 2.99. The summed E-state index contributed by atoms with van der Waals surface area (Å²) in [5, 5.41) is 29.0. The molecule has 1 saturated heterocycles. The molecule has 3 N–H and O–H groups in total. The van der Waals surface area contributed by atoms with Crippen LogP contribution in [0.4, 0.5) is 4.39 Å². The van der Waals surface area contributed by atoms with Crippen molar-refractivity contribution in [1.29, 1.82) is 0 Å². The number of rotatable bonds is 7. The van der Waals surface area contributed by atoms with Crippen LogP contribution < -0.4 is 15.2 Å². The predicted molar refractivity (Wildman–Crippen MR) is 111 cm³/mol. The Bertz CT molecular complexity index is 1110. The van der Waals surface area contributed by atoms with Crippen LogP contribution in [0.1, 0.15) is 31.2 Å². The van der Waals surface area contributed by atoms with Crippen LogP contribution in [0, 0.1) is 18.3 Å². The fourth-order valence-corrected chi connectivity index (χ4v) is 2.99. The van der Waals surface area contributed by atoms with Crippen molar-refractivity contribution in [1.82, 2.24) is 9.55 Å². The van der Waals surface area contributed by atoms with Crippen molar-refractivity contribution in [2.45, 2.75) is 44.7 Å². The maximum atomic E-state index is 14.4. The zero-order valence-electron chi connectivity index (χ0n) is 17.8. The molecule has 10 nitrogen and oxygen atoms in total. The number of hydrogen-bond acceptors (Lipinski definition) is 9. The first-order chi connectivity index (χ1) is 15.6. The number of alkyl halides is 1. The molecule has 1 aromatic heterocycles. The van der Waals surface area contributed by atoms with Crippen LogP contribution in [-0.2, 0) is 16.1 Å². The van der Waals surface area contributed by atoms with Gasteiger partial charge < -0.3 is 29.5 Å². The van der Waals surface area contributed by atoms with Crippen LogP contribution in [0.2, 0.25) is 0 Å². The van der Waals surface area contributed by atoms with E-state index >= 15 is 0 Å². The Labute approximate surface area is 188 Å². The molecule has 1 fully saturated rings. The Kier molecular flexibility index (Phi) is 7.14. The quantitative estimate of drug-likeness (QED) is 0.300. The molecule has 0 bridgehead atoms. The van der Waals surface area contributed by atoms with Gasteiger partial charge >= 0.3 is 11.7 Å². The molecule has 2 aromatic rings. The van der Waals surface area contributed by atoms with Gasteiger partial charge in [-0.15, -0.1) is 6.42 Å². The summed E-state index contributed by atoms with van der Waals surface area (Å²) < 4.78 is 30.7. The molecular weight excluding hydrogens is 439 g/mol. The van der Waals surface area contributed by atoms with Crippen LogP contribution in [0.15, 0.2) is 35.3 Å². The van der Waals surface area contributed by atoms with Gasteiger partial charge in [0.15, 0.2) is 6.23 Å². The molecule has 2 heterocycles. The molecule has 3 rings (SSSR count). The molecule has 0 unspecified atom stereocenters. The van der Waals surface area contributed by atoms with Crippen LogP contribution >= 0.6 is 0 Å². The molecule has 0 spiro atoms. The normalized spacial score (nSPS) is 24.5. The van der Waals surface area contributed by atoms with Gasteiger partial charge in [-0.05, 0) is 17.7 Å². The second-order valence-electron chi connectivity index (χ2n) is 7.69. The Morgan fingerprint density at radius 1 is 1.36 bits per heavy atom. The third kappa shape index (κ3) is 5.04. The number of esters is 1. The minimum Gasteiger partial charge on any atom is -0.472 e. The van der Waals surface area contributed by atoms with E-state index in [4.69, 9.17) is 25.7 Å². The summed E-state index contributed by atoms with van der Waals surface area (Å²) in [6, 6.07) is 6.47. The van der Waals surface area contributed by atoms with Crippen LogP contribution in [0.5, 0.6) is 11.6 Å². The van der Waals surface area contributed by atoms with E-state index in [9.17, 15) is 24.2 Å². The number of nitrogens with zero attached hydrogens (tertiary/aromatic N) is 2. The number of ether oxygens (including phenoxy) is 3. The highest BCUT2D eigenvalue weighted by molar-refractivity contribution is 5.74. The smallest absolute Gasteiger partial charge is 0.353 e. The number of benzene rings is 1. The average molecular weight is 462 g/mol. The molecule has 11 heteroatoms. The molecule has 1 aromatic carbocycles. The molecule has 1 aliphatic rings. The minimum atomic E-state index is -2.95. The van der Waals surface area contributed by atoms with E-state index in [0.717, 1.165) is 6.20 Å². The van der Waals surface area contributed by atoms with Gasteiger partial charge in [0.2, 0.25) is 5.88 Å². The lowest BCUT2D eigenvalue weighted by Crippen LogP contribution is -2.42. The van der Waals surface area contributed by atoms with Crippen LogP contribution in [0.3, 0.4) is 0 Å². The first-order valence-electron chi connectivity index (χ1n) is 9.96. The molecule has 0 radical (unpaired) electrons. The maximum Gasteiger partial charge on any atom is 0.353 e. The van der Waals surface area contributed by atoms with Gasteiger partial charge in [0.1, 0.15) is 36.7 Å². The first-order valence-corrected chi connectivity index (χ1v) is 9.96. The first kappa shape index (κ1) is 24.3. The summed E-state index contributed by atoms with van der Waals surface area (Å²) in [6.45, 7) is 2.18. The molecule has 33 heavy (non-hydrogen) atoms. The van der Waals surface area contributed by atoms with Crippen molar-refractivity contribution >= 4 is 5.97 Å². The van der Waals surface area contributed by atoms with E-state index in [1.165, 1.54) is 0 Å². The number of aromatic nitrogens is 2. The zero-order valence-corrected chi connectivity index (χ0v) is 17.8. The van der Waals surface area contributed by atoms with E-state index in [0.29, 0.717) is 15.9 Å². The highest BCUT2D eigenvalue weighted by Crippen LogP contribution is 2.37. The number of aliphatic hydroxyl groups is 3. The van der Waals surface area contributed by atoms with Crippen molar-refractivity contribution in [3.63, 3.8) is 0 Å². The van der Waals surface area contributed by atoms with Gasteiger partial charge in [0.25, 0.3) is 5.85 Å². The van der Waals surface area contributed by atoms with Crippen LogP contribution in [-0.4, -0.2) is 55.5 Å². The number of carbonyl (C=O) groups is 1. The summed E-state index contributed by atoms with van der Waals surface area (Å²) >= 11 is 0. The predicted octanol–water partition coefficient (Wildman–Crippen LogP) is 0.274. The van der Waals surface area contributed by atoms with E-state index in [2.05, 4.69) is 10.9 Å². The second kappa shape index (κ2) is 9.68. The Morgan fingerprint density at radius 3 is 2.58 bits per heavy atom. The molecule has 4 atom stereocenters. The fraction of sp³-hybridized carbons (Fsp3) is 0.409. The van der Waals surface area contributed by atoms with Gasteiger partial charge in [-0.25, -0.2) is 9.18 Å². The van der Waals surface area contributed by atoms with Gasteiger partial charge in [0, 0.05) is 6.20 Å². The maximum absolute atomic E-state index is 14.4. The summed E-state index contributed by atoms with van der Waals surface area (Å²) in [4.78, 5) is 27.8. The third-order valence-electron chi connectivity index (χ3n) is 4.92. The van der Waals surface area contributed by atoms with Gasteiger partial charge in [-0.3, -0.25) is 9.36 Å². The summed E-state index contributed by atoms with van der Waals surface area (Å²) in [7, 11) is 0. The second-order valence-corrected chi connectivity index (χ2v) is 7.69. The lowest BCUT2D eigenvalue weighted by Gasteiger charge is -2.20.